The summed E-state index contributed by atoms with van der Waals surface area (Å²) >= 11 is 0. The summed E-state index contributed by atoms with van der Waals surface area (Å²) in [6, 6.07) is 14.2. The third-order valence-corrected chi connectivity index (χ3v) is 4.21. The Balaban J connectivity index is 1.94. The lowest BCUT2D eigenvalue weighted by Crippen LogP contribution is -2.39. The van der Waals surface area contributed by atoms with Gasteiger partial charge >= 0.3 is 6.61 Å². The third kappa shape index (κ3) is 8.34. The molecule has 1 atom stereocenters. The van der Waals surface area contributed by atoms with Gasteiger partial charge in [0.2, 0.25) is 0 Å². The van der Waals surface area contributed by atoms with Crippen molar-refractivity contribution in [1.82, 2.24) is 15.5 Å². The van der Waals surface area contributed by atoms with Crippen molar-refractivity contribution in [3.8, 4) is 5.75 Å². The predicted molar refractivity (Wildman–Crippen MR) is 115 cm³/mol. The van der Waals surface area contributed by atoms with Crippen LogP contribution >= 0.6 is 0 Å². The largest absolute Gasteiger partial charge is 0.435 e. The van der Waals surface area contributed by atoms with Gasteiger partial charge in [-0.25, -0.2) is 4.99 Å². The number of hydrogen-bond acceptors (Lipinski definition) is 4. The minimum absolute atomic E-state index is 0.0558. The van der Waals surface area contributed by atoms with Gasteiger partial charge in [-0.3, -0.25) is 0 Å². The van der Waals surface area contributed by atoms with Crippen LogP contribution in [-0.4, -0.2) is 49.8 Å². The molecular formula is C22H30F2N4O2. The molecular weight excluding hydrogens is 390 g/mol. The first kappa shape index (κ1) is 23.6. The minimum atomic E-state index is -2.87. The molecule has 2 rings (SSSR count). The van der Waals surface area contributed by atoms with Crippen LogP contribution in [0.3, 0.4) is 0 Å². The Bertz CT molecular complexity index is 798. The molecule has 0 aromatic heterocycles. The van der Waals surface area contributed by atoms with Gasteiger partial charge in [-0.15, -0.1) is 0 Å². The SMILES string of the molecule is CCNC(=NCc1cccc(CN(C)C)c1)NCC(O)c1ccc(OC(F)F)cc1. The van der Waals surface area contributed by atoms with Crippen molar-refractivity contribution in [3.63, 3.8) is 0 Å². The Kier molecular flexibility index (Phi) is 9.50. The molecule has 0 saturated heterocycles. The fourth-order valence-electron chi connectivity index (χ4n) is 2.89. The minimum Gasteiger partial charge on any atom is -0.435 e. The van der Waals surface area contributed by atoms with E-state index in [1.807, 2.05) is 33.2 Å². The summed E-state index contributed by atoms with van der Waals surface area (Å²) in [7, 11) is 4.06. The van der Waals surface area contributed by atoms with Gasteiger partial charge in [0, 0.05) is 19.6 Å². The lowest BCUT2D eigenvalue weighted by atomic mass is 10.1. The lowest BCUT2D eigenvalue weighted by molar-refractivity contribution is -0.0498. The van der Waals surface area contributed by atoms with E-state index in [-0.39, 0.29) is 12.3 Å². The molecule has 6 nitrogen and oxygen atoms in total. The highest BCUT2D eigenvalue weighted by Gasteiger charge is 2.10. The van der Waals surface area contributed by atoms with Crippen LogP contribution < -0.4 is 15.4 Å². The van der Waals surface area contributed by atoms with Crippen molar-refractivity contribution in [1.29, 1.82) is 0 Å². The van der Waals surface area contributed by atoms with Gasteiger partial charge in [0.15, 0.2) is 5.96 Å². The second kappa shape index (κ2) is 12.1. The van der Waals surface area contributed by atoms with Crippen molar-refractivity contribution < 1.29 is 18.6 Å². The molecule has 8 heteroatoms. The monoisotopic (exact) mass is 420 g/mol. The number of halogens is 2. The van der Waals surface area contributed by atoms with E-state index < -0.39 is 12.7 Å². The summed E-state index contributed by atoms with van der Waals surface area (Å²) in [5.74, 6) is 0.646. The van der Waals surface area contributed by atoms with Crippen LogP contribution in [0.15, 0.2) is 53.5 Å². The molecule has 0 aliphatic carbocycles. The number of rotatable bonds is 10. The molecule has 0 heterocycles. The highest BCUT2D eigenvalue weighted by atomic mass is 19.3. The molecule has 1 unspecified atom stereocenters. The molecule has 0 radical (unpaired) electrons. The van der Waals surface area contributed by atoms with Crippen LogP contribution in [0.2, 0.25) is 0 Å². The van der Waals surface area contributed by atoms with Crippen LogP contribution in [0, 0.1) is 0 Å². The van der Waals surface area contributed by atoms with Gasteiger partial charge in [-0.2, -0.15) is 8.78 Å². The summed E-state index contributed by atoms with van der Waals surface area (Å²) in [5.41, 5.74) is 2.92. The molecule has 164 valence electrons. The number of ether oxygens (including phenoxy) is 1. The van der Waals surface area contributed by atoms with Crippen molar-refractivity contribution >= 4 is 5.96 Å². The number of nitrogens with zero attached hydrogens (tertiary/aromatic N) is 2. The molecule has 0 bridgehead atoms. The topological polar surface area (TPSA) is 69.1 Å². The van der Waals surface area contributed by atoms with Gasteiger partial charge in [-0.05, 0) is 49.8 Å². The number of benzene rings is 2. The zero-order valence-electron chi connectivity index (χ0n) is 17.6. The van der Waals surface area contributed by atoms with Crippen LogP contribution in [0.5, 0.6) is 5.75 Å². The van der Waals surface area contributed by atoms with Gasteiger partial charge in [0.1, 0.15) is 5.75 Å². The maximum absolute atomic E-state index is 12.2. The van der Waals surface area contributed by atoms with Crippen LogP contribution in [0.1, 0.15) is 29.7 Å². The van der Waals surface area contributed by atoms with E-state index in [1.165, 1.54) is 17.7 Å². The van der Waals surface area contributed by atoms with E-state index in [0.29, 0.717) is 24.6 Å². The molecule has 30 heavy (non-hydrogen) atoms. The van der Waals surface area contributed by atoms with Crippen molar-refractivity contribution in [3.05, 3.63) is 65.2 Å². The van der Waals surface area contributed by atoms with Crippen LogP contribution in [-0.2, 0) is 13.1 Å². The molecule has 2 aromatic rings. The average molecular weight is 421 g/mol. The van der Waals surface area contributed by atoms with Crippen molar-refractivity contribution in [2.45, 2.75) is 32.7 Å². The van der Waals surface area contributed by atoms with Gasteiger partial charge < -0.3 is 25.4 Å². The third-order valence-electron chi connectivity index (χ3n) is 4.21. The van der Waals surface area contributed by atoms with Gasteiger partial charge in [0.05, 0.1) is 12.6 Å². The first-order chi connectivity index (χ1) is 14.4. The Morgan fingerprint density at radius 1 is 1.10 bits per heavy atom. The van der Waals surface area contributed by atoms with Crippen molar-refractivity contribution in [2.75, 3.05) is 27.2 Å². The van der Waals surface area contributed by atoms with E-state index in [1.54, 1.807) is 12.1 Å². The molecule has 0 aliphatic heterocycles. The zero-order chi connectivity index (χ0) is 21.9. The van der Waals surface area contributed by atoms with Crippen molar-refractivity contribution in [2.24, 2.45) is 4.99 Å². The molecule has 2 aromatic carbocycles. The molecule has 0 fully saturated rings. The molecule has 0 spiro atoms. The number of hydrogen-bond donors (Lipinski definition) is 3. The molecule has 0 amide bonds. The highest BCUT2D eigenvalue weighted by Crippen LogP contribution is 2.19. The number of aliphatic hydroxyl groups is 1. The Hall–Kier alpha value is -2.71. The maximum atomic E-state index is 12.2. The first-order valence-corrected chi connectivity index (χ1v) is 9.85. The standard InChI is InChI=1S/C22H30F2N4O2/c1-4-25-22(26-13-16-6-5-7-17(12-16)15-28(2)3)27-14-20(29)18-8-10-19(11-9-18)30-21(23)24/h5-12,20-21,29H,4,13-15H2,1-3H3,(H2,25,26,27). The first-order valence-electron chi connectivity index (χ1n) is 9.85. The molecule has 0 aliphatic rings. The van der Waals surface area contributed by atoms with Gasteiger partial charge in [-0.1, -0.05) is 36.4 Å². The van der Waals surface area contributed by atoms with Crippen LogP contribution in [0.4, 0.5) is 8.78 Å². The second-order valence-electron chi connectivity index (χ2n) is 7.10. The summed E-state index contributed by atoms with van der Waals surface area (Å²) in [6.45, 7) is 1.37. The van der Waals surface area contributed by atoms with E-state index in [2.05, 4.69) is 37.4 Å². The van der Waals surface area contributed by atoms with E-state index in [0.717, 1.165) is 12.1 Å². The van der Waals surface area contributed by atoms with E-state index >= 15 is 0 Å². The maximum Gasteiger partial charge on any atom is 0.387 e. The second-order valence-corrected chi connectivity index (χ2v) is 7.10. The summed E-state index contributed by atoms with van der Waals surface area (Å²) in [6.07, 6.45) is -0.821. The summed E-state index contributed by atoms with van der Waals surface area (Å²) < 4.78 is 28.8. The van der Waals surface area contributed by atoms with E-state index in [9.17, 15) is 13.9 Å². The van der Waals surface area contributed by atoms with Crippen LogP contribution in [0.25, 0.3) is 0 Å². The normalized spacial score (nSPS) is 12.9. The zero-order valence-corrected chi connectivity index (χ0v) is 17.6. The number of aliphatic hydroxyl groups excluding tert-OH is 1. The Morgan fingerprint density at radius 3 is 2.43 bits per heavy atom. The smallest absolute Gasteiger partial charge is 0.387 e. The summed E-state index contributed by atoms with van der Waals surface area (Å²) in [5, 5.41) is 16.6. The highest BCUT2D eigenvalue weighted by molar-refractivity contribution is 5.79. The Labute approximate surface area is 176 Å². The number of nitrogens with one attached hydrogen (secondary N) is 2. The number of guanidine groups is 1. The van der Waals surface area contributed by atoms with E-state index in [4.69, 9.17) is 0 Å². The molecule has 3 N–H and O–H groups in total. The lowest BCUT2D eigenvalue weighted by Gasteiger charge is -2.16. The fraction of sp³-hybridized carbons (Fsp3) is 0.409. The molecule has 0 saturated carbocycles. The predicted octanol–water partition coefficient (Wildman–Crippen LogP) is 3.14. The quantitative estimate of drug-likeness (QED) is 0.407. The average Bonchev–Trinajstić information content (AvgIpc) is 2.70. The number of alkyl halides is 2. The number of aliphatic imine (C=N–C) groups is 1. The van der Waals surface area contributed by atoms with Gasteiger partial charge in [0.25, 0.3) is 0 Å². The summed E-state index contributed by atoms with van der Waals surface area (Å²) in [4.78, 5) is 6.70. The fourth-order valence-corrected chi connectivity index (χ4v) is 2.89. The Morgan fingerprint density at radius 2 is 1.80 bits per heavy atom.